The molecule has 0 radical (unpaired) electrons. The molecule has 1 aliphatic rings. The second-order valence-electron chi connectivity index (χ2n) is 3.52. The number of pyridine rings is 1. The molecule has 2 rings (SSSR count). The Hall–Kier alpha value is -1.42. The third kappa shape index (κ3) is 1.85. The Morgan fingerprint density at radius 2 is 2.20 bits per heavy atom. The lowest BCUT2D eigenvalue weighted by Crippen LogP contribution is -2.25. The second kappa shape index (κ2) is 3.62. The van der Waals surface area contributed by atoms with E-state index in [1.165, 1.54) is 4.90 Å². The average Bonchev–Trinajstić information content (AvgIpc) is 2.50. The number of amides is 1. The molecular weight excluding hydrogens is 216 g/mol. The highest BCUT2D eigenvalue weighted by molar-refractivity contribution is 6.33. The van der Waals surface area contributed by atoms with Crippen LogP contribution >= 0.6 is 11.6 Å². The number of ketones is 1. The van der Waals surface area contributed by atoms with Crippen molar-refractivity contribution >= 4 is 29.0 Å². The molecule has 0 N–H and O–H groups in total. The fraction of sp³-hybridized carbons (Fsp3) is 0.300. The van der Waals surface area contributed by atoms with Crippen LogP contribution in [0, 0.1) is 6.92 Å². The Kier molecular flexibility index (Phi) is 2.44. The molecule has 0 spiro atoms. The van der Waals surface area contributed by atoms with Crippen LogP contribution in [-0.2, 0) is 9.59 Å². The van der Waals surface area contributed by atoms with Gasteiger partial charge in [0, 0.05) is 6.20 Å². The van der Waals surface area contributed by atoms with Crippen LogP contribution in [-0.4, -0.2) is 23.2 Å². The van der Waals surface area contributed by atoms with Gasteiger partial charge in [0.25, 0.3) is 0 Å². The highest BCUT2D eigenvalue weighted by atomic mass is 35.5. The highest BCUT2D eigenvalue weighted by Gasteiger charge is 2.30. The molecule has 0 atom stereocenters. The van der Waals surface area contributed by atoms with Crippen LogP contribution < -0.4 is 4.90 Å². The van der Waals surface area contributed by atoms with Gasteiger partial charge in [-0.3, -0.25) is 9.59 Å². The molecule has 0 saturated carbocycles. The van der Waals surface area contributed by atoms with Gasteiger partial charge in [0.2, 0.25) is 5.91 Å². The van der Waals surface area contributed by atoms with E-state index in [2.05, 4.69) is 4.98 Å². The predicted molar refractivity (Wildman–Crippen MR) is 56.0 cm³/mol. The number of rotatable bonds is 1. The number of nitrogens with zero attached hydrogens (tertiary/aromatic N) is 2. The summed E-state index contributed by atoms with van der Waals surface area (Å²) in [5.41, 5.74) is 1.43. The van der Waals surface area contributed by atoms with E-state index in [1.807, 2.05) is 6.92 Å². The monoisotopic (exact) mass is 224 g/mol. The van der Waals surface area contributed by atoms with E-state index in [0.717, 1.165) is 5.56 Å². The molecule has 4 nitrogen and oxygen atoms in total. The standard InChI is InChI=1S/C10H9ClN2O2/c1-6-2-8(10(11)12-4-6)13-5-7(14)3-9(13)15/h2,4H,3,5H2,1H3. The van der Waals surface area contributed by atoms with Gasteiger partial charge in [-0.15, -0.1) is 0 Å². The maximum atomic E-state index is 11.5. The first-order valence-corrected chi connectivity index (χ1v) is 4.90. The topological polar surface area (TPSA) is 50.3 Å². The average molecular weight is 225 g/mol. The van der Waals surface area contributed by atoms with Gasteiger partial charge in [0.15, 0.2) is 10.9 Å². The fourth-order valence-electron chi connectivity index (χ4n) is 1.53. The van der Waals surface area contributed by atoms with Crippen LogP contribution in [0.5, 0.6) is 0 Å². The first kappa shape index (κ1) is 10.1. The molecular formula is C10H9ClN2O2. The Labute approximate surface area is 91.9 Å². The lowest BCUT2D eigenvalue weighted by Gasteiger charge is -2.15. The van der Waals surface area contributed by atoms with Crippen molar-refractivity contribution in [1.82, 2.24) is 4.98 Å². The van der Waals surface area contributed by atoms with Crippen LogP contribution in [0.4, 0.5) is 5.69 Å². The number of aryl methyl sites for hydroxylation is 1. The molecule has 1 fully saturated rings. The zero-order valence-corrected chi connectivity index (χ0v) is 8.91. The van der Waals surface area contributed by atoms with Crippen molar-refractivity contribution in [2.24, 2.45) is 0 Å². The van der Waals surface area contributed by atoms with Crippen molar-refractivity contribution in [2.45, 2.75) is 13.3 Å². The summed E-state index contributed by atoms with van der Waals surface area (Å²) in [7, 11) is 0. The van der Waals surface area contributed by atoms with E-state index in [1.54, 1.807) is 12.3 Å². The molecule has 2 heterocycles. The smallest absolute Gasteiger partial charge is 0.235 e. The first-order chi connectivity index (χ1) is 7.08. The Balaban J connectivity index is 2.41. The normalized spacial score (nSPS) is 16.3. The molecule has 1 aliphatic heterocycles. The van der Waals surface area contributed by atoms with Crippen LogP contribution in [0.2, 0.25) is 5.15 Å². The van der Waals surface area contributed by atoms with Crippen molar-refractivity contribution < 1.29 is 9.59 Å². The molecule has 0 bridgehead atoms. The lowest BCUT2D eigenvalue weighted by molar-refractivity contribution is -0.121. The van der Waals surface area contributed by atoms with Crippen LogP contribution in [0.15, 0.2) is 12.3 Å². The van der Waals surface area contributed by atoms with Gasteiger partial charge in [0.1, 0.15) is 0 Å². The van der Waals surface area contributed by atoms with Crippen LogP contribution in [0.25, 0.3) is 0 Å². The summed E-state index contributed by atoms with van der Waals surface area (Å²) in [5, 5.41) is 0.253. The van der Waals surface area contributed by atoms with Gasteiger partial charge < -0.3 is 4.90 Å². The summed E-state index contributed by atoms with van der Waals surface area (Å²) in [6.07, 6.45) is 1.58. The molecule has 1 aromatic rings. The number of aromatic nitrogens is 1. The highest BCUT2D eigenvalue weighted by Crippen LogP contribution is 2.27. The van der Waals surface area contributed by atoms with E-state index in [0.29, 0.717) is 5.69 Å². The first-order valence-electron chi connectivity index (χ1n) is 4.52. The molecule has 5 heteroatoms. The van der Waals surface area contributed by atoms with E-state index >= 15 is 0 Å². The van der Waals surface area contributed by atoms with Gasteiger partial charge in [-0.05, 0) is 18.6 Å². The second-order valence-corrected chi connectivity index (χ2v) is 3.88. The van der Waals surface area contributed by atoms with E-state index in [-0.39, 0.29) is 29.8 Å². The van der Waals surface area contributed by atoms with Gasteiger partial charge >= 0.3 is 0 Å². The number of halogens is 1. The zero-order chi connectivity index (χ0) is 11.0. The summed E-state index contributed by atoms with van der Waals surface area (Å²) in [6.45, 7) is 1.96. The minimum absolute atomic E-state index is 0.0374. The molecule has 0 aliphatic carbocycles. The molecule has 1 amide bonds. The number of hydrogen-bond donors (Lipinski definition) is 0. The predicted octanol–water partition coefficient (Wildman–Crippen LogP) is 1.35. The third-order valence-corrected chi connectivity index (χ3v) is 2.52. The number of Topliss-reactive ketones (excluding diaryl/α,β-unsaturated/α-hetero) is 1. The fourth-order valence-corrected chi connectivity index (χ4v) is 1.74. The van der Waals surface area contributed by atoms with Gasteiger partial charge in [0.05, 0.1) is 18.7 Å². The minimum atomic E-state index is -0.214. The molecule has 1 saturated heterocycles. The van der Waals surface area contributed by atoms with Gasteiger partial charge in [-0.1, -0.05) is 11.6 Å². The van der Waals surface area contributed by atoms with Crippen LogP contribution in [0.3, 0.4) is 0 Å². The third-order valence-electron chi connectivity index (χ3n) is 2.23. The number of anilines is 1. The number of carbonyl (C=O) groups excluding carboxylic acids is 2. The molecule has 15 heavy (non-hydrogen) atoms. The van der Waals surface area contributed by atoms with Crippen LogP contribution in [0.1, 0.15) is 12.0 Å². The van der Waals surface area contributed by atoms with Crippen molar-refractivity contribution in [3.05, 3.63) is 23.0 Å². The van der Waals surface area contributed by atoms with E-state index in [4.69, 9.17) is 11.6 Å². The molecule has 1 aromatic heterocycles. The molecule has 78 valence electrons. The summed E-state index contributed by atoms with van der Waals surface area (Å²) >= 11 is 5.87. The zero-order valence-electron chi connectivity index (χ0n) is 8.16. The summed E-state index contributed by atoms with van der Waals surface area (Å²) < 4.78 is 0. The summed E-state index contributed by atoms with van der Waals surface area (Å²) in [6, 6.07) is 1.76. The van der Waals surface area contributed by atoms with Crippen molar-refractivity contribution in [1.29, 1.82) is 0 Å². The van der Waals surface area contributed by atoms with Gasteiger partial charge in [-0.25, -0.2) is 4.98 Å². The quantitative estimate of drug-likeness (QED) is 0.535. The van der Waals surface area contributed by atoms with Crippen molar-refractivity contribution in [3.63, 3.8) is 0 Å². The van der Waals surface area contributed by atoms with E-state index in [9.17, 15) is 9.59 Å². The summed E-state index contributed by atoms with van der Waals surface area (Å²) in [5.74, 6) is -0.299. The maximum absolute atomic E-state index is 11.5. The molecule has 0 aromatic carbocycles. The summed E-state index contributed by atoms with van der Waals surface area (Å²) in [4.78, 5) is 27.9. The van der Waals surface area contributed by atoms with Crippen molar-refractivity contribution in [2.75, 3.05) is 11.4 Å². The Morgan fingerprint density at radius 3 is 2.80 bits per heavy atom. The Bertz CT molecular complexity index is 445. The van der Waals surface area contributed by atoms with E-state index < -0.39 is 0 Å². The maximum Gasteiger partial charge on any atom is 0.235 e. The minimum Gasteiger partial charge on any atom is -0.302 e. The SMILES string of the molecule is Cc1cnc(Cl)c(N2CC(=O)CC2=O)c1. The van der Waals surface area contributed by atoms with Gasteiger partial charge in [-0.2, -0.15) is 0 Å². The lowest BCUT2D eigenvalue weighted by atomic mass is 10.3. The largest absolute Gasteiger partial charge is 0.302 e. The number of carbonyl (C=O) groups is 2. The molecule has 0 unspecified atom stereocenters. The Morgan fingerprint density at radius 1 is 1.47 bits per heavy atom. The number of hydrogen-bond acceptors (Lipinski definition) is 3. The van der Waals surface area contributed by atoms with Crippen molar-refractivity contribution in [3.8, 4) is 0 Å².